The number of fused-ring (bicyclic) bond motifs is 1. The van der Waals surface area contributed by atoms with Crippen LogP contribution in [0.4, 0.5) is 13.2 Å². The number of imidazole rings is 1. The molecule has 0 aliphatic carbocycles. The lowest BCUT2D eigenvalue weighted by molar-refractivity contribution is -0.159. The Morgan fingerprint density at radius 1 is 0.971 bits per heavy atom. The topological polar surface area (TPSA) is 60.0 Å². The van der Waals surface area contributed by atoms with Crippen LogP contribution >= 0.6 is 0 Å². The Hall–Kier alpha value is -2.68. The average molecular weight is 478 g/mol. The summed E-state index contributed by atoms with van der Waals surface area (Å²) in [7, 11) is 0. The van der Waals surface area contributed by atoms with Gasteiger partial charge in [-0.2, -0.15) is 18.2 Å². The summed E-state index contributed by atoms with van der Waals surface area (Å²) in [4.78, 5) is 10.8. The number of hydrogen-bond acceptors (Lipinski definition) is 5. The summed E-state index contributed by atoms with van der Waals surface area (Å²) in [5, 5.41) is 3.37. The van der Waals surface area contributed by atoms with Gasteiger partial charge in [0.2, 0.25) is 0 Å². The largest absolute Gasteiger partial charge is 0.471 e. The summed E-state index contributed by atoms with van der Waals surface area (Å²) in [6.45, 7) is 10.7. The molecule has 1 aromatic carbocycles. The Kier molecular flexibility index (Phi) is 9.27. The molecule has 3 rings (SSSR count). The van der Waals surface area contributed by atoms with Crippen molar-refractivity contribution in [1.82, 2.24) is 24.6 Å². The van der Waals surface area contributed by atoms with Gasteiger partial charge >= 0.3 is 12.1 Å². The molecule has 34 heavy (non-hydrogen) atoms. The molecule has 6 nitrogen and oxygen atoms in total. The summed E-state index contributed by atoms with van der Waals surface area (Å²) in [5.41, 5.74) is 2.76. The number of aryl methyl sites for hydroxylation is 1. The molecule has 0 aliphatic rings. The fraction of sp³-hybridized carbons (Fsp3) is 0.560. The van der Waals surface area contributed by atoms with Gasteiger partial charge in [-0.25, -0.2) is 4.98 Å². The Morgan fingerprint density at radius 3 is 2.32 bits per heavy atom. The second kappa shape index (κ2) is 12.1. The van der Waals surface area contributed by atoms with Crippen molar-refractivity contribution in [3.8, 4) is 0 Å². The van der Waals surface area contributed by atoms with E-state index in [-0.39, 0.29) is 5.82 Å². The van der Waals surface area contributed by atoms with Crippen LogP contribution in [0.25, 0.3) is 23.2 Å². The molecule has 0 amide bonds. The second-order valence-corrected chi connectivity index (χ2v) is 8.52. The molecule has 3 aromatic rings. The van der Waals surface area contributed by atoms with Gasteiger partial charge in [0.05, 0.1) is 11.0 Å². The summed E-state index contributed by atoms with van der Waals surface area (Å²) >= 11 is 0. The van der Waals surface area contributed by atoms with E-state index >= 15 is 0 Å². The van der Waals surface area contributed by atoms with E-state index in [0.29, 0.717) is 0 Å². The average Bonchev–Trinajstić information content (AvgIpc) is 3.42. The lowest BCUT2D eigenvalue weighted by Crippen LogP contribution is -2.30. The second-order valence-electron chi connectivity index (χ2n) is 8.52. The third-order valence-electron chi connectivity index (χ3n) is 5.73. The fourth-order valence-electron chi connectivity index (χ4n) is 3.89. The van der Waals surface area contributed by atoms with Crippen molar-refractivity contribution in [2.45, 2.75) is 72.0 Å². The van der Waals surface area contributed by atoms with Gasteiger partial charge in [0, 0.05) is 19.5 Å². The first-order valence-corrected chi connectivity index (χ1v) is 12.2. The lowest BCUT2D eigenvalue weighted by Gasteiger charge is -2.23. The van der Waals surface area contributed by atoms with Gasteiger partial charge in [0.25, 0.3) is 0 Å². The van der Waals surface area contributed by atoms with E-state index in [9.17, 15) is 13.2 Å². The van der Waals surface area contributed by atoms with Gasteiger partial charge < -0.3 is 14.0 Å². The summed E-state index contributed by atoms with van der Waals surface area (Å²) < 4.78 is 44.5. The highest BCUT2D eigenvalue weighted by atomic mass is 19.4. The molecule has 0 bridgehead atoms. The Balaban J connectivity index is 1.78. The molecule has 0 saturated carbocycles. The van der Waals surface area contributed by atoms with Crippen molar-refractivity contribution in [3.05, 3.63) is 41.3 Å². The quantitative estimate of drug-likeness (QED) is 0.283. The molecular formula is C25H34F3N5O. The van der Waals surface area contributed by atoms with E-state index in [1.165, 1.54) is 31.8 Å². The van der Waals surface area contributed by atoms with Gasteiger partial charge in [-0.1, -0.05) is 50.9 Å². The zero-order chi connectivity index (χ0) is 24.6. The van der Waals surface area contributed by atoms with Crippen LogP contribution in [0, 0.1) is 0 Å². The normalized spacial score (nSPS) is 12.6. The van der Waals surface area contributed by atoms with Crippen molar-refractivity contribution >= 4 is 23.2 Å². The minimum absolute atomic E-state index is 0.121. The van der Waals surface area contributed by atoms with E-state index in [4.69, 9.17) is 4.98 Å². The van der Waals surface area contributed by atoms with Crippen molar-refractivity contribution in [3.63, 3.8) is 0 Å². The van der Waals surface area contributed by atoms with Gasteiger partial charge in [0.1, 0.15) is 5.82 Å². The standard InChI is InChI=1S/C25H34F3N5O/c1-4-7-14-32(15-8-5-2)16-17-33-21-12-10-19(18-20(21)29-23(33)9-6-3)11-13-22-30-24(34-31-22)25(26,27)28/h10-13,18H,4-9,14-17H2,1-3H3/b13-11+. The minimum atomic E-state index is -4.65. The molecule has 0 spiro atoms. The Morgan fingerprint density at radius 2 is 1.71 bits per heavy atom. The van der Waals surface area contributed by atoms with Crippen LogP contribution in [0.1, 0.15) is 76.0 Å². The highest BCUT2D eigenvalue weighted by Crippen LogP contribution is 2.27. The molecular weight excluding hydrogens is 443 g/mol. The first-order chi connectivity index (χ1) is 16.4. The van der Waals surface area contributed by atoms with Crippen LogP contribution in [0.3, 0.4) is 0 Å². The maximum atomic E-state index is 12.6. The van der Waals surface area contributed by atoms with Gasteiger partial charge in [-0.15, -0.1) is 0 Å². The number of nitrogens with zero attached hydrogens (tertiary/aromatic N) is 5. The van der Waals surface area contributed by atoms with E-state index in [0.717, 1.165) is 61.4 Å². The predicted octanol–water partition coefficient (Wildman–Crippen LogP) is 6.46. The molecule has 0 atom stereocenters. The van der Waals surface area contributed by atoms with Crippen molar-refractivity contribution in [2.24, 2.45) is 0 Å². The van der Waals surface area contributed by atoms with Crippen molar-refractivity contribution < 1.29 is 17.7 Å². The molecule has 2 heterocycles. The number of aromatic nitrogens is 4. The number of alkyl halides is 3. The van der Waals surface area contributed by atoms with Gasteiger partial charge in [-0.3, -0.25) is 0 Å². The molecule has 2 aromatic heterocycles. The zero-order valence-corrected chi connectivity index (χ0v) is 20.2. The Bertz CT molecular complexity index is 1060. The SMILES string of the molecule is CCCCN(CCCC)CCn1c(CCC)nc2cc(/C=C/c3noc(C(F)(F)F)n3)ccc21. The highest BCUT2D eigenvalue weighted by Gasteiger charge is 2.38. The van der Waals surface area contributed by atoms with Crippen LogP contribution in [0.5, 0.6) is 0 Å². The maximum Gasteiger partial charge on any atom is 0.471 e. The summed E-state index contributed by atoms with van der Waals surface area (Å²) in [6.07, 6.45) is 5.11. The molecule has 0 aliphatic heterocycles. The fourth-order valence-corrected chi connectivity index (χ4v) is 3.89. The monoisotopic (exact) mass is 477 g/mol. The smallest absolute Gasteiger partial charge is 0.329 e. The molecule has 0 radical (unpaired) electrons. The number of benzene rings is 1. The minimum Gasteiger partial charge on any atom is -0.329 e. The van der Waals surface area contributed by atoms with Crippen LogP contribution in [-0.4, -0.2) is 44.2 Å². The van der Waals surface area contributed by atoms with Gasteiger partial charge in [-0.05, 0) is 56.1 Å². The summed E-state index contributed by atoms with van der Waals surface area (Å²) in [6, 6.07) is 5.91. The first-order valence-electron chi connectivity index (χ1n) is 12.2. The van der Waals surface area contributed by atoms with Crippen LogP contribution in [0.15, 0.2) is 22.7 Å². The van der Waals surface area contributed by atoms with Crippen LogP contribution in [-0.2, 0) is 19.1 Å². The third kappa shape index (κ3) is 6.91. The van der Waals surface area contributed by atoms with Gasteiger partial charge in [0.15, 0.2) is 5.82 Å². The van der Waals surface area contributed by atoms with Crippen molar-refractivity contribution in [2.75, 3.05) is 19.6 Å². The van der Waals surface area contributed by atoms with E-state index in [1.54, 1.807) is 6.08 Å². The molecule has 0 unspecified atom stereocenters. The van der Waals surface area contributed by atoms with E-state index < -0.39 is 12.1 Å². The zero-order valence-electron chi connectivity index (χ0n) is 20.2. The van der Waals surface area contributed by atoms with Crippen LogP contribution in [0.2, 0.25) is 0 Å². The van der Waals surface area contributed by atoms with E-state index in [2.05, 4.69) is 44.9 Å². The van der Waals surface area contributed by atoms with Crippen LogP contribution < -0.4 is 0 Å². The van der Waals surface area contributed by atoms with E-state index in [1.807, 2.05) is 18.2 Å². The molecule has 0 N–H and O–H groups in total. The number of halogens is 3. The highest BCUT2D eigenvalue weighted by molar-refractivity contribution is 5.81. The number of unbranched alkanes of at least 4 members (excludes halogenated alkanes) is 2. The number of rotatable bonds is 13. The lowest BCUT2D eigenvalue weighted by atomic mass is 10.2. The molecule has 186 valence electrons. The molecule has 0 fully saturated rings. The Labute approximate surface area is 198 Å². The third-order valence-corrected chi connectivity index (χ3v) is 5.73. The number of hydrogen-bond donors (Lipinski definition) is 0. The predicted molar refractivity (Wildman–Crippen MR) is 128 cm³/mol. The molecule has 9 heteroatoms. The summed E-state index contributed by atoms with van der Waals surface area (Å²) in [5.74, 6) is -0.404. The maximum absolute atomic E-state index is 12.6. The van der Waals surface area contributed by atoms with Crippen molar-refractivity contribution in [1.29, 1.82) is 0 Å². The first kappa shape index (κ1) is 25.9. The molecule has 0 saturated heterocycles.